The molecule has 0 aliphatic carbocycles. The van der Waals surface area contributed by atoms with E-state index in [9.17, 15) is 0 Å². The molecule has 1 aromatic rings. The number of ether oxygens (including phenoxy) is 1. The minimum atomic E-state index is -0.770. The fourth-order valence-corrected chi connectivity index (χ4v) is 2.44. The molecular weight excluding hydrogens is 176 g/mol. The molecule has 1 nitrogen and oxygen atoms in total. The highest BCUT2D eigenvalue weighted by Crippen LogP contribution is 2.08. The lowest BCUT2D eigenvalue weighted by molar-refractivity contribution is 0.484. The smallest absolute Gasteiger partial charge is 0.125 e. The maximum absolute atomic E-state index is 5.50. The molecule has 0 saturated heterocycles. The molecule has 0 fully saturated rings. The fraction of sp³-hybridized carbons (Fsp3) is 0.273. The third-order valence-electron chi connectivity index (χ3n) is 1.87. The summed E-state index contributed by atoms with van der Waals surface area (Å²) in [5.41, 5.74) is 0. The van der Waals surface area contributed by atoms with Gasteiger partial charge in [-0.25, -0.2) is 0 Å². The van der Waals surface area contributed by atoms with Gasteiger partial charge in [0.1, 0.15) is 5.75 Å². The average Bonchev–Trinajstić information content (AvgIpc) is 2.15. The number of para-hydroxylation sites is 1. The first-order valence-corrected chi connectivity index (χ1v) is 7.51. The van der Waals surface area contributed by atoms with E-state index < -0.39 is 8.80 Å². The molecule has 0 aromatic heterocycles. The summed E-state index contributed by atoms with van der Waals surface area (Å²) in [5, 5.41) is 1.39. The van der Waals surface area contributed by atoms with Crippen molar-refractivity contribution in [2.75, 3.05) is 0 Å². The van der Waals surface area contributed by atoms with Gasteiger partial charge in [0, 0.05) is 0 Å². The van der Waals surface area contributed by atoms with Crippen LogP contribution in [0, 0.1) is 0 Å². The predicted molar refractivity (Wildman–Crippen MR) is 60.4 cm³/mol. The van der Waals surface area contributed by atoms with E-state index in [0.29, 0.717) is 0 Å². The average molecular weight is 192 g/mol. The Bertz CT molecular complexity index is 292. The monoisotopic (exact) mass is 192 g/mol. The number of allylic oxidation sites excluding steroid dienone is 1. The fourth-order valence-electron chi connectivity index (χ4n) is 1.21. The van der Waals surface area contributed by atoms with E-state index in [1.807, 2.05) is 25.1 Å². The Morgan fingerprint density at radius 1 is 1.23 bits per heavy atom. The number of hydrogen-bond acceptors (Lipinski definition) is 1. The van der Waals surface area contributed by atoms with Crippen LogP contribution in [0.4, 0.5) is 0 Å². The summed E-state index contributed by atoms with van der Waals surface area (Å²) in [5.74, 6) is 1.02. The molecule has 1 aromatic carbocycles. The second-order valence-corrected chi connectivity index (χ2v) is 6.21. The van der Waals surface area contributed by atoms with Crippen LogP contribution in [-0.2, 0) is 0 Å². The first kappa shape index (κ1) is 10.1. The summed E-state index contributed by atoms with van der Waals surface area (Å²) in [4.78, 5) is 0. The molecule has 70 valence electrons. The highest BCUT2D eigenvalue weighted by Gasteiger charge is 2.06. The quantitative estimate of drug-likeness (QED) is 0.527. The third kappa shape index (κ3) is 2.74. The van der Waals surface area contributed by atoms with Crippen molar-refractivity contribution in [3.8, 4) is 5.75 Å². The van der Waals surface area contributed by atoms with Gasteiger partial charge in [0.15, 0.2) is 0 Å². The van der Waals surface area contributed by atoms with Gasteiger partial charge in [-0.1, -0.05) is 37.4 Å². The summed E-state index contributed by atoms with van der Waals surface area (Å²) in [7, 11) is -0.770. The van der Waals surface area contributed by atoms with Crippen molar-refractivity contribution in [2.45, 2.75) is 20.0 Å². The summed E-state index contributed by atoms with van der Waals surface area (Å²) in [6, 6.07) is 8.28. The highest BCUT2D eigenvalue weighted by molar-refractivity contribution is 6.71. The van der Waals surface area contributed by atoms with Gasteiger partial charge >= 0.3 is 0 Å². The van der Waals surface area contributed by atoms with Crippen molar-refractivity contribution in [2.24, 2.45) is 0 Å². The molecule has 13 heavy (non-hydrogen) atoms. The summed E-state index contributed by atoms with van der Waals surface area (Å²) >= 11 is 0. The molecule has 0 heterocycles. The largest absolute Gasteiger partial charge is 0.465 e. The van der Waals surface area contributed by atoms with Gasteiger partial charge in [-0.15, -0.1) is 0 Å². The van der Waals surface area contributed by atoms with E-state index in [1.54, 1.807) is 6.26 Å². The number of rotatable bonds is 3. The standard InChI is InChI=1S/C11H16OSi/c1-4-9-12-10-7-5-6-8-11(10)13(2)3/h4-9,13H,1-3H3. The molecule has 0 saturated carbocycles. The Morgan fingerprint density at radius 3 is 2.54 bits per heavy atom. The highest BCUT2D eigenvalue weighted by atomic mass is 28.3. The minimum Gasteiger partial charge on any atom is -0.465 e. The van der Waals surface area contributed by atoms with Crippen molar-refractivity contribution in [1.29, 1.82) is 0 Å². The lowest BCUT2D eigenvalue weighted by Crippen LogP contribution is -2.23. The van der Waals surface area contributed by atoms with Crippen LogP contribution >= 0.6 is 0 Å². The van der Waals surface area contributed by atoms with Gasteiger partial charge < -0.3 is 4.74 Å². The molecule has 0 bridgehead atoms. The van der Waals surface area contributed by atoms with Crippen LogP contribution in [0.15, 0.2) is 36.6 Å². The molecule has 0 aliphatic rings. The van der Waals surface area contributed by atoms with E-state index in [-0.39, 0.29) is 0 Å². The van der Waals surface area contributed by atoms with E-state index in [4.69, 9.17) is 4.74 Å². The lowest BCUT2D eigenvalue weighted by Gasteiger charge is -2.09. The van der Waals surface area contributed by atoms with Crippen molar-refractivity contribution in [3.05, 3.63) is 36.6 Å². The van der Waals surface area contributed by atoms with Crippen molar-refractivity contribution in [3.63, 3.8) is 0 Å². The third-order valence-corrected chi connectivity index (χ3v) is 3.59. The lowest BCUT2D eigenvalue weighted by atomic mass is 10.3. The summed E-state index contributed by atoms with van der Waals surface area (Å²) < 4.78 is 5.50. The molecule has 0 amide bonds. The van der Waals surface area contributed by atoms with E-state index >= 15 is 0 Å². The number of benzene rings is 1. The summed E-state index contributed by atoms with van der Waals surface area (Å²) in [6.45, 7) is 6.56. The zero-order valence-electron chi connectivity index (χ0n) is 8.45. The first-order chi connectivity index (χ1) is 6.25. The first-order valence-electron chi connectivity index (χ1n) is 4.62. The van der Waals surface area contributed by atoms with Gasteiger partial charge in [0.2, 0.25) is 0 Å². The topological polar surface area (TPSA) is 9.23 Å². The Kier molecular flexibility index (Phi) is 3.77. The molecular formula is C11H16OSi. The molecule has 1 rings (SSSR count). The zero-order chi connectivity index (χ0) is 9.68. The van der Waals surface area contributed by atoms with Crippen LogP contribution in [0.2, 0.25) is 13.1 Å². The van der Waals surface area contributed by atoms with Gasteiger partial charge in [0.05, 0.1) is 15.1 Å². The van der Waals surface area contributed by atoms with E-state index in [2.05, 4.69) is 25.2 Å². The van der Waals surface area contributed by atoms with Gasteiger partial charge in [-0.05, 0) is 18.2 Å². The van der Waals surface area contributed by atoms with E-state index in [1.165, 1.54) is 5.19 Å². The van der Waals surface area contributed by atoms with Gasteiger partial charge in [-0.2, -0.15) is 0 Å². The maximum Gasteiger partial charge on any atom is 0.125 e. The zero-order valence-corrected chi connectivity index (χ0v) is 9.60. The van der Waals surface area contributed by atoms with Gasteiger partial charge in [0.25, 0.3) is 0 Å². The predicted octanol–water partition coefficient (Wildman–Crippen LogP) is 2.29. The Morgan fingerprint density at radius 2 is 1.92 bits per heavy atom. The van der Waals surface area contributed by atoms with Crippen molar-refractivity contribution in [1.82, 2.24) is 0 Å². The molecule has 0 radical (unpaired) electrons. The molecule has 0 unspecified atom stereocenters. The maximum atomic E-state index is 5.50. The number of hydrogen-bond donors (Lipinski definition) is 0. The molecule has 0 N–H and O–H groups in total. The van der Waals surface area contributed by atoms with Crippen molar-refractivity contribution >= 4 is 14.0 Å². The minimum absolute atomic E-state index is 0.770. The second kappa shape index (κ2) is 4.87. The summed E-state index contributed by atoms with van der Waals surface area (Å²) in [6.07, 6.45) is 3.63. The van der Waals surface area contributed by atoms with Crippen LogP contribution in [-0.4, -0.2) is 8.80 Å². The molecule has 0 atom stereocenters. The van der Waals surface area contributed by atoms with Gasteiger partial charge in [-0.3, -0.25) is 0 Å². The van der Waals surface area contributed by atoms with Crippen LogP contribution in [0.25, 0.3) is 0 Å². The Balaban J connectivity index is 2.91. The normalized spacial score (nSPS) is 11.1. The molecule has 2 heteroatoms. The van der Waals surface area contributed by atoms with Crippen LogP contribution in [0.5, 0.6) is 5.75 Å². The van der Waals surface area contributed by atoms with Crippen LogP contribution in [0.1, 0.15) is 6.92 Å². The Labute approximate surface area is 81.7 Å². The van der Waals surface area contributed by atoms with Crippen LogP contribution in [0.3, 0.4) is 0 Å². The molecule has 0 aliphatic heterocycles. The van der Waals surface area contributed by atoms with E-state index in [0.717, 1.165) is 5.75 Å². The molecule has 0 spiro atoms. The van der Waals surface area contributed by atoms with Crippen LogP contribution < -0.4 is 9.92 Å². The Hall–Kier alpha value is -1.02. The SMILES string of the molecule is CC=COc1ccccc1[SiH](C)C. The second-order valence-electron chi connectivity index (χ2n) is 3.28. The van der Waals surface area contributed by atoms with Crippen molar-refractivity contribution < 1.29 is 4.74 Å².